The number of benzene rings is 1. The smallest absolute Gasteiger partial charge is 0.233 e. The largest absolute Gasteiger partial charge is 0.497 e. The molecule has 1 aromatic heterocycles. The number of sulfonamides is 1. The minimum atomic E-state index is -3.74. The third-order valence-electron chi connectivity index (χ3n) is 4.64. The predicted molar refractivity (Wildman–Crippen MR) is 102 cm³/mol. The van der Waals surface area contributed by atoms with Crippen LogP contribution in [-0.2, 0) is 27.8 Å². The van der Waals surface area contributed by atoms with Crippen molar-refractivity contribution >= 4 is 22.5 Å². The van der Waals surface area contributed by atoms with Crippen molar-refractivity contribution in [3.05, 3.63) is 59.6 Å². The summed E-state index contributed by atoms with van der Waals surface area (Å²) in [5.41, 5.74) is 1.96. The highest BCUT2D eigenvalue weighted by Gasteiger charge is 2.30. The molecule has 9 heteroatoms. The van der Waals surface area contributed by atoms with Gasteiger partial charge in [0.1, 0.15) is 11.5 Å². The number of carbonyl (C=O) groups is 1. The molecule has 1 amide bonds. The molecule has 28 heavy (non-hydrogen) atoms. The van der Waals surface area contributed by atoms with Gasteiger partial charge in [0.2, 0.25) is 16.4 Å². The van der Waals surface area contributed by atoms with Crippen LogP contribution in [0.4, 0.5) is 0 Å². The van der Waals surface area contributed by atoms with E-state index in [2.05, 4.69) is 0 Å². The van der Waals surface area contributed by atoms with Gasteiger partial charge in [-0.3, -0.25) is 10.0 Å². The maximum Gasteiger partial charge on any atom is 0.233 e. The zero-order valence-electron chi connectivity index (χ0n) is 15.4. The van der Waals surface area contributed by atoms with Crippen LogP contribution in [0.15, 0.2) is 47.1 Å². The SMILES string of the molecule is COc1ccc2c(c1)CN(S(=O)(=O)CC(/C=C/c1ccco1)N(O)C=O)CC2. The molecule has 1 aromatic carbocycles. The Balaban J connectivity index is 1.77. The highest BCUT2D eigenvalue weighted by molar-refractivity contribution is 7.89. The maximum atomic E-state index is 12.9. The van der Waals surface area contributed by atoms with E-state index in [0.29, 0.717) is 29.5 Å². The summed E-state index contributed by atoms with van der Waals surface area (Å²) in [7, 11) is -2.18. The highest BCUT2D eigenvalue weighted by atomic mass is 32.2. The Hall–Kier alpha value is -2.62. The summed E-state index contributed by atoms with van der Waals surface area (Å²) in [5, 5.41) is 10.2. The van der Waals surface area contributed by atoms with Crippen LogP contribution in [0.1, 0.15) is 16.9 Å². The first kappa shape index (κ1) is 20.1. The lowest BCUT2D eigenvalue weighted by atomic mass is 10.0. The number of nitrogens with zero attached hydrogens (tertiary/aromatic N) is 2. The Labute approximate surface area is 163 Å². The monoisotopic (exact) mass is 406 g/mol. The van der Waals surface area contributed by atoms with E-state index in [-0.39, 0.29) is 13.0 Å². The number of hydroxylamine groups is 2. The van der Waals surface area contributed by atoms with Gasteiger partial charge in [0.15, 0.2) is 0 Å². The van der Waals surface area contributed by atoms with Gasteiger partial charge >= 0.3 is 0 Å². The summed E-state index contributed by atoms with van der Waals surface area (Å²) >= 11 is 0. The molecule has 2 heterocycles. The second-order valence-corrected chi connectivity index (χ2v) is 8.44. The molecular formula is C19H22N2O6S. The molecule has 0 saturated carbocycles. The standard InChI is InChI=1S/C19H22N2O6S/c1-26-19-6-4-15-8-9-20(12-16(15)11-19)28(24,25)13-17(21(23)14-22)5-7-18-3-2-10-27-18/h2-7,10-11,14,17,23H,8-9,12-13H2,1H3/b7-5+. The average Bonchev–Trinajstić information content (AvgIpc) is 3.23. The average molecular weight is 406 g/mol. The first-order valence-electron chi connectivity index (χ1n) is 8.71. The van der Waals surface area contributed by atoms with Crippen molar-refractivity contribution in [3.63, 3.8) is 0 Å². The number of methoxy groups -OCH3 is 1. The predicted octanol–water partition coefficient (Wildman–Crippen LogP) is 1.91. The van der Waals surface area contributed by atoms with Crippen molar-refractivity contribution in [2.75, 3.05) is 19.4 Å². The molecule has 2 aromatic rings. The number of hydrogen-bond acceptors (Lipinski definition) is 6. The fraction of sp³-hybridized carbons (Fsp3) is 0.316. The molecule has 3 rings (SSSR count). The van der Waals surface area contributed by atoms with E-state index in [1.807, 2.05) is 18.2 Å². The minimum Gasteiger partial charge on any atom is -0.497 e. The van der Waals surface area contributed by atoms with Gasteiger partial charge in [-0.25, -0.2) is 13.5 Å². The fourth-order valence-electron chi connectivity index (χ4n) is 3.08. The zero-order chi connectivity index (χ0) is 20.1. The van der Waals surface area contributed by atoms with Gasteiger partial charge < -0.3 is 9.15 Å². The molecular weight excluding hydrogens is 384 g/mol. The van der Waals surface area contributed by atoms with Crippen LogP contribution < -0.4 is 4.74 Å². The number of ether oxygens (including phenoxy) is 1. The summed E-state index contributed by atoms with van der Waals surface area (Å²) in [6.07, 6.45) is 5.18. The van der Waals surface area contributed by atoms with E-state index in [0.717, 1.165) is 11.1 Å². The minimum absolute atomic E-state index is 0.184. The van der Waals surface area contributed by atoms with Gasteiger partial charge in [0.25, 0.3) is 0 Å². The van der Waals surface area contributed by atoms with Crippen LogP contribution >= 0.6 is 0 Å². The normalized spacial score (nSPS) is 15.9. The van der Waals surface area contributed by atoms with E-state index < -0.39 is 21.8 Å². The molecule has 0 aliphatic carbocycles. The molecule has 1 atom stereocenters. The molecule has 0 spiro atoms. The van der Waals surface area contributed by atoms with Crippen molar-refractivity contribution < 1.29 is 27.6 Å². The molecule has 8 nitrogen and oxygen atoms in total. The summed E-state index contributed by atoms with van der Waals surface area (Å²) < 4.78 is 37.6. The van der Waals surface area contributed by atoms with Crippen molar-refractivity contribution in [1.82, 2.24) is 9.37 Å². The molecule has 1 aliphatic rings. The molecule has 1 aliphatic heterocycles. The van der Waals surface area contributed by atoms with E-state index in [1.54, 1.807) is 19.2 Å². The number of amides is 1. The van der Waals surface area contributed by atoms with Crippen LogP contribution in [0.25, 0.3) is 6.08 Å². The van der Waals surface area contributed by atoms with E-state index in [9.17, 15) is 18.4 Å². The van der Waals surface area contributed by atoms with E-state index in [1.165, 1.54) is 22.7 Å². The lowest BCUT2D eigenvalue weighted by Gasteiger charge is -2.30. The second-order valence-electron chi connectivity index (χ2n) is 6.42. The Morgan fingerprint density at radius 2 is 2.18 bits per heavy atom. The molecule has 0 fully saturated rings. The first-order chi connectivity index (χ1) is 13.4. The van der Waals surface area contributed by atoms with Gasteiger partial charge in [-0.2, -0.15) is 4.31 Å². The van der Waals surface area contributed by atoms with Crippen molar-refractivity contribution in [2.24, 2.45) is 0 Å². The third-order valence-corrected chi connectivity index (χ3v) is 6.50. The maximum absolute atomic E-state index is 12.9. The van der Waals surface area contributed by atoms with Gasteiger partial charge in [-0.05, 0) is 47.9 Å². The molecule has 0 saturated heterocycles. The lowest BCUT2D eigenvalue weighted by molar-refractivity contribution is -0.154. The molecule has 0 bridgehead atoms. The summed E-state index contributed by atoms with van der Waals surface area (Å²) in [6, 6.07) is 7.94. The van der Waals surface area contributed by atoms with Gasteiger partial charge in [-0.1, -0.05) is 12.1 Å². The van der Waals surface area contributed by atoms with E-state index >= 15 is 0 Å². The van der Waals surface area contributed by atoms with Crippen LogP contribution in [0.2, 0.25) is 0 Å². The topological polar surface area (TPSA) is 100 Å². The van der Waals surface area contributed by atoms with Crippen molar-refractivity contribution in [3.8, 4) is 5.75 Å². The third kappa shape index (κ3) is 4.61. The highest BCUT2D eigenvalue weighted by Crippen LogP contribution is 2.26. The van der Waals surface area contributed by atoms with Crippen LogP contribution in [0.5, 0.6) is 5.75 Å². The quantitative estimate of drug-likeness (QED) is 0.408. The van der Waals surface area contributed by atoms with Crippen LogP contribution in [-0.4, -0.2) is 54.9 Å². The number of hydrogen-bond donors (Lipinski definition) is 1. The Kier molecular flexibility index (Phi) is 6.18. The molecule has 1 N–H and O–H groups in total. The van der Waals surface area contributed by atoms with Crippen molar-refractivity contribution in [2.45, 2.75) is 19.0 Å². The molecule has 0 radical (unpaired) electrons. The van der Waals surface area contributed by atoms with Crippen LogP contribution in [0.3, 0.4) is 0 Å². The van der Waals surface area contributed by atoms with E-state index in [4.69, 9.17) is 9.15 Å². The summed E-state index contributed by atoms with van der Waals surface area (Å²) in [6.45, 7) is 0.554. The first-order valence-corrected chi connectivity index (χ1v) is 10.3. The number of carbonyl (C=O) groups excluding carboxylic acids is 1. The Bertz CT molecular complexity index is 939. The number of fused-ring (bicyclic) bond motifs is 1. The zero-order valence-corrected chi connectivity index (χ0v) is 16.2. The van der Waals surface area contributed by atoms with Gasteiger partial charge in [0.05, 0.1) is 25.2 Å². The van der Waals surface area contributed by atoms with Gasteiger partial charge in [0, 0.05) is 13.1 Å². The Morgan fingerprint density at radius 3 is 2.86 bits per heavy atom. The fourth-order valence-corrected chi connectivity index (χ4v) is 4.69. The number of furan rings is 1. The molecule has 150 valence electrons. The van der Waals surface area contributed by atoms with Crippen LogP contribution in [0, 0.1) is 0 Å². The lowest BCUT2D eigenvalue weighted by Crippen LogP contribution is -2.43. The van der Waals surface area contributed by atoms with Crippen molar-refractivity contribution in [1.29, 1.82) is 0 Å². The second kappa shape index (κ2) is 8.59. The Morgan fingerprint density at radius 1 is 1.36 bits per heavy atom. The summed E-state index contributed by atoms with van der Waals surface area (Å²) in [5.74, 6) is 0.707. The summed E-state index contributed by atoms with van der Waals surface area (Å²) in [4.78, 5) is 11.0. The molecule has 1 unspecified atom stereocenters. The van der Waals surface area contributed by atoms with Gasteiger partial charge in [-0.15, -0.1) is 0 Å². The number of rotatable bonds is 8.